The SMILES string of the molecule is COc1cccc(-c2cncc(-c3cn(CCN4CCOCC4)c4ccc(Cl)cc34)c2)c1. The summed E-state index contributed by atoms with van der Waals surface area (Å²) < 4.78 is 13.2. The number of halogens is 1. The Morgan fingerprint density at radius 2 is 1.81 bits per heavy atom. The molecular formula is C26H26ClN3O2. The number of ether oxygens (including phenoxy) is 2. The summed E-state index contributed by atoms with van der Waals surface area (Å²) in [6, 6.07) is 16.4. The maximum atomic E-state index is 6.39. The average molecular weight is 448 g/mol. The molecule has 0 bridgehead atoms. The highest BCUT2D eigenvalue weighted by Gasteiger charge is 2.15. The van der Waals surface area contributed by atoms with Crippen LogP contribution < -0.4 is 4.74 Å². The Morgan fingerprint density at radius 1 is 0.969 bits per heavy atom. The highest BCUT2D eigenvalue weighted by atomic mass is 35.5. The summed E-state index contributed by atoms with van der Waals surface area (Å²) >= 11 is 6.39. The molecule has 0 radical (unpaired) electrons. The summed E-state index contributed by atoms with van der Waals surface area (Å²) in [6.45, 7) is 5.53. The molecule has 1 fully saturated rings. The van der Waals surface area contributed by atoms with E-state index in [1.807, 2.05) is 36.7 Å². The molecule has 4 aromatic rings. The summed E-state index contributed by atoms with van der Waals surface area (Å²) in [5, 5.41) is 1.88. The van der Waals surface area contributed by atoms with Gasteiger partial charge in [-0.25, -0.2) is 0 Å². The van der Waals surface area contributed by atoms with Gasteiger partial charge >= 0.3 is 0 Å². The number of fused-ring (bicyclic) bond motifs is 1. The van der Waals surface area contributed by atoms with Crippen LogP contribution in [0.25, 0.3) is 33.2 Å². The van der Waals surface area contributed by atoms with Gasteiger partial charge in [0.1, 0.15) is 5.75 Å². The highest BCUT2D eigenvalue weighted by molar-refractivity contribution is 6.31. The van der Waals surface area contributed by atoms with Crippen molar-refractivity contribution in [3.8, 4) is 28.0 Å². The van der Waals surface area contributed by atoms with Crippen molar-refractivity contribution in [1.82, 2.24) is 14.5 Å². The molecule has 0 spiro atoms. The van der Waals surface area contributed by atoms with Crippen LogP contribution >= 0.6 is 11.6 Å². The molecule has 164 valence electrons. The van der Waals surface area contributed by atoms with Crippen LogP contribution in [0.4, 0.5) is 0 Å². The van der Waals surface area contributed by atoms with Crippen molar-refractivity contribution in [1.29, 1.82) is 0 Å². The topological polar surface area (TPSA) is 39.5 Å². The molecule has 0 atom stereocenters. The lowest BCUT2D eigenvalue weighted by Gasteiger charge is -2.26. The number of benzene rings is 2. The molecule has 1 aliphatic rings. The van der Waals surface area contributed by atoms with Gasteiger partial charge in [0, 0.05) is 77.4 Å². The molecule has 1 aliphatic heterocycles. The quantitative estimate of drug-likeness (QED) is 0.398. The fourth-order valence-electron chi connectivity index (χ4n) is 4.31. The number of hydrogen-bond donors (Lipinski definition) is 0. The number of methoxy groups -OCH3 is 1. The van der Waals surface area contributed by atoms with Crippen molar-refractivity contribution >= 4 is 22.5 Å². The molecule has 6 heteroatoms. The minimum absolute atomic E-state index is 0.738. The van der Waals surface area contributed by atoms with Crippen LogP contribution in [0.2, 0.25) is 5.02 Å². The first-order chi connectivity index (χ1) is 15.7. The fraction of sp³-hybridized carbons (Fsp3) is 0.269. The van der Waals surface area contributed by atoms with E-state index in [1.54, 1.807) is 7.11 Å². The van der Waals surface area contributed by atoms with E-state index >= 15 is 0 Å². The first-order valence-electron chi connectivity index (χ1n) is 10.9. The van der Waals surface area contributed by atoms with Gasteiger partial charge in [-0.1, -0.05) is 23.7 Å². The average Bonchev–Trinajstić information content (AvgIpc) is 3.21. The Hall–Kier alpha value is -2.86. The summed E-state index contributed by atoms with van der Waals surface area (Å²) in [5.74, 6) is 0.833. The maximum Gasteiger partial charge on any atom is 0.119 e. The second kappa shape index (κ2) is 9.33. The van der Waals surface area contributed by atoms with Crippen molar-refractivity contribution < 1.29 is 9.47 Å². The van der Waals surface area contributed by atoms with Gasteiger partial charge < -0.3 is 14.0 Å². The molecule has 0 amide bonds. The Kier molecular flexibility index (Phi) is 6.12. The Bertz CT molecular complexity index is 1230. The highest BCUT2D eigenvalue weighted by Crippen LogP contribution is 2.34. The zero-order valence-corrected chi connectivity index (χ0v) is 18.9. The summed E-state index contributed by atoms with van der Waals surface area (Å²) in [5.41, 5.74) is 5.53. The summed E-state index contributed by atoms with van der Waals surface area (Å²) in [4.78, 5) is 7.00. The van der Waals surface area contributed by atoms with E-state index in [9.17, 15) is 0 Å². The molecule has 3 heterocycles. The number of morpholine rings is 1. The molecule has 1 saturated heterocycles. The molecule has 2 aromatic carbocycles. The first kappa shape index (κ1) is 21.0. The summed E-state index contributed by atoms with van der Waals surface area (Å²) in [7, 11) is 1.68. The fourth-order valence-corrected chi connectivity index (χ4v) is 4.48. The number of aromatic nitrogens is 2. The Balaban J connectivity index is 1.51. The van der Waals surface area contributed by atoms with Crippen molar-refractivity contribution in [2.75, 3.05) is 40.0 Å². The lowest BCUT2D eigenvalue weighted by atomic mass is 10.0. The van der Waals surface area contributed by atoms with Crippen LogP contribution in [0.5, 0.6) is 5.75 Å². The van der Waals surface area contributed by atoms with Crippen molar-refractivity contribution in [2.45, 2.75) is 6.54 Å². The van der Waals surface area contributed by atoms with Gasteiger partial charge in [-0.15, -0.1) is 0 Å². The monoisotopic (exact) mass is 447 g/mol. The third kappa shape index (κ3) is 4.37. The van der Waals surface area contributed by atoms with Gasteiger partial charge in [0.2, 0.25) is 0 Å². The zero-order valence-electron chi connectivity index (χ0n) is 18.1. The number of rotatable bonds is 6. The maximum absolute atomic E-state index is 6.39. The number of nitrogens with zero attached hydrogens (tertiary/aromatic N) is 3. The van der Waals surface area contributed by atoms with Crippen molar-refractivity contribution in [3.05, 3.63) is 72.1 Å². The molecule has 0 N–H and O–H groups in total. The second-order valence-corrected chi connectivity index (χ2v) is 8.48. The molecule has 0 unspecified atom stereocenters. The van der Waals surface area contributed by atoms with Crippen LogP contribution in [-0.2, 0) is 11.3 Å². The standard InChI is InChI=1S/C26H26ClN3O2/c1-31-23-4-2-3-19(14-23)20-13-21(17-28-16-20)25-18-30(8-7-29-9-11-32-12-10-29)26-6-5-22(27)15-24(25)26/h2-6,13-18H,7-12H2,1H3. The molecule has 5 nitrogen and oxygen atoms in total. The summed E-state index contributed by atoms with van der Waals surface area (Å²) in [6.07, 6.45) is 6.04. The zero-order chi connectivity index (χ0) is 21.9. The predicted molar refractivity (Wildman–Crippen MR) is 129 cm³/mol. The minimum Gasteiger partial charge on any atom is -0.497 e. The molecule has 0 aliphatic carbocycles. The first-order valence-corrected chi connectivity index (χ1v) is 11.3. The second-order valence-electron chi connectivity index (χ2n) is 8.05. The van der Waals surface area contributed by atoms with E-state index in [1.165, 1.54) is 5.52 Å². The predicted octanol–water partition coefficient (Wildman–Crippen LogP) is 5.36. The third-order valence-electron chi connectivity index (χ3n) is 6.06. The van der Waals surface area contributed by atoms with Gasteiger partial charge in [-0.3, -0.25) is 9.88 Å². The third-order valence-corrected chi connectivity index (χ3v) is 6.29. The van der Waals surface area contributed by atoms with E-state index < -0.39 is 0 Å². The van der Waals surface area contributed by atoms with E-state index in [0.717, 1.165) is 77.8 Å². The molecule has 0 saturated carbocycles. The largest absolute Gasteiger partial charge is 0.497 e. The van der Waals surface area contributed by atoms with Crippen molar-refractivity contribution in [2.24, 2.45) is 0 Å². The molecule has 32 heavy (non-hydrogen) atoms. The van der Waals surface area contributed by atoms with Crippen LogP contribution in [0.1, 0.15) is 0 Å². The Morgan fingerprint density at radius 3 is 2.66 bits per heavy atom. The van der Waals surface area contributed by atoms with E-state index in [0.29, 0.717) is 0 Å². The minimum atomic E-state index is 0.738. The van der Waals surface area contributed by atoms with Crippen LogP contribution in [0.15, 0.2) is 67.1 Å². The Labute approximate surface area is 193 Å². The molecule has 5 rings (SSSR count). The van der Waals surface area contributed by atoms with Gasteiger partial charge in [0.15, 0.2) is 0 Å². The molecule has 2 aromatic heterocycles. The lowest BCUT2D eigenvalue weighted by molar-refractivity contribution is 0.0365. The van der Waals surface area contributed by atoms with Crippen LogP contribution in [0.3, 0.4) is 0 Å². The van der Waals surface area contributed by atoms with Gasteiger partial charge in [0.05, 0.1) is 20.3 Å². The van der Waals surface area contributed by atoms with Gasteiger partial charge in [-0.2, -0.15) is 0 Å². The van der Waals surface area contributed by atoms with Crippen LogP contribution in [-0.4, -0.2) is 54.4 Å². The smallest absolute Gasteiger partial charge is 0.119 e. The van der Waals surface area contributed by atoms with Crippen LogP contribution in [0, 0.1) is 0 Å². The molecular weight excluding hydrogens is 422 g/mol. The van der Waals surface area contributed by atoms with E-state index in [-0.39, 0.29) is 0 Å². The van der Waals surface area contributed by atoms with E-state index in [4.69, 9.17) is 21.1 Å². The number of hydrogen-bond acceptors (Lipinski definition) is 4. The van der Waals surface area contributed by atoms with Gasteiger partial charge in [0.25, 0.3) is 0 Å². The normalized spacial score (nSPS) is 14.7. The van der Waals surface area contributed by atoms with Crippen molar-refractivity contribution in [3.63, 3.8) is 0 Å². The number of pyridine rings is 1. The van der Waals surface area contributed by atoms with Gasteiger partial charge in [-0.05, 0) is 42.0 Å². The lowest BCUT2D eigenvalue weighted by Crippen LogP contribution is -2.38. The van der Waals surface area contributed by atoms with E-state index in [2.05, 4.69) is 44.9 Å².